The van der Waals surface area contributed by atoms with E-state index in [1.807, 2.05) is 12.1 Å². The van der Waals surface area contributed by atoms with Gasteiger partial charge in [0.1, 0.15) is 9.84 Å². The standard InChI is InChI=1S/C14H21NO2S/c1-18(16,17)11-14(7-2-3-8-14)13-6-4-5-12(9-13)10-15/h4-6,9H,2-3,7-8,10-11,15H2,1H3. The summed E-state index contributed by atoms with van der Waals surface area (Å²) in [6.07, 6.45) is 5.49. The lowest BCUT2D eigenvalue weighted by Gasteiger charge is -2.29. The third-order valence-corrected chi connectivity index (χ3v) is 4.95. The Morgan fingerprint density at radius 3 is 2.50 bits per heavy atom. The molecule has 0 amide bonds. The molecular weight excluding hydrogens is 246 g/mol. The summed E-state index contributed by atoms with van der Waals surface area (Å²) < 4.78 is 23.4. The van der Waals surface area contributed by atoms with Crippen LogP contribution in [0.25, 0.3) is 0 Å². The van der Waals surface area contributed by atoms with Crippen molar-refractivity contribution in [1.82, 2.24) is 0 Å². The van der Waals surface area contributed by atoms with Gasteiger partial charge >= 0.3 is 0 Å². The zero-order chi connectivity index (χ0) is 13.2. The molecule has 1 aromatic rings. The fourth-order valence-corrected chi connectivity index (χ4v) is 4.56. The summed E-state index contributed by atoms with van der Waals surface area (Å²) in [4.78, 5) is 0. The molecule has 1 aliphatic rings. The molecule has 0 unspecified atom stereocenters. The zero-order valence-electron chi connectivity index (χ0n) is 10.9. The highest BCUT2D eigenvalue weighted by molar-refractivity contribution is 7.90. The van der Waals surface area contributed by atoms with Crippen molar-refractivity contribution in [1.29, 1.82) is 0 Å². The van der Waals surface area contributed by atoms with Gasteiger partial charge in [-0.3, -0.25) is 0 Å². The minimum Gasteiger partial charge on any atom is -0.326 e. The van der Waals surface area contributed by atoms with Gasteiger partial charge in [-0.15, -0.1) is 0 Å². The molecule has 2 N–H and O–H groups in total. The number of nitrogens with two attached hydrogens (primary N) is 1. The van der Waals surface area contributed by atoms with Crippen molar-refractivity contribution < 1.29 is 8.42 Å². The van der Waals surface area contributed by atoms with E-state index in [0.29, 0.717) is 6.54 Å². The maximum Gasteiger partial charge on any atom is 0.148 e. The van der Waals surface area contributed by atoms with Gasteiger partial charge in [-0.2, -0.15) is 0 Å². The van der Waals surface area contributed by atoms with Gasteiger partial charge < -0.3 is 5.73 Å². The van der Waals surface area contributed by atoms with E-state index in [-0.39, 0.29) is 11.2 Å². The van der Waals surface area contributed by atoms with E-state index in [9.17, 15) is 8.42 Å². The summed E-state index contributed by atoms with van der Waals surface area (Å²) in [6, 6.07) is 8.11. The molecule has 3 nitrogen and oxygen atoms in total. The van der Waals surface area contributed by atoms with Crippen LogP contribution in [0.1, 0.15) is 36.8 Å². The van der Waals surface area contributed by atoms with Gasteiger partial charge in [-0.25, -0.2) is 8.42 Å². The summed E-state index contributed by atoms with van der Waals surface area (Å²) in [5.74, 6) is 0.258. The van der Waals surface area contributed by atoms with Crippen LogP contribution in [-0.2, 0) is 21.8 Å². The second kappa shape index (κ2) is 5.02. The van der Waals surface area contributed by atoms with Crippen molar-refractivity contribution in [2.24, 2.45) is 5.73 Å². The number of hydrogen-bond donors (Lipinski definition) is 1. The summed E-state index contributed by atoms with van der Waals surface area (Å²) in [6.45, 7) is 0.503. The van der Waals surface area contributed by atoms with Gasteiger partial charge in [-0.05, 0) is 24.0 Å². The predicted molar refractivity (Wildman–Crippen MR) is 74.2 cm³/mol. The molecule has 4 heteroatoms. The highest BCUT2D eigenvalue weighted by Gasteiger charge is 2.38. The lowest BCUT2D eigenvalue weighted by atomic mass is 9.80. The van der Waals surface area contributed by atoms with Gasteiger partial charge in [0.15, 0.2) is 0 Å². The quantitative estimate of drug-likeness (QED) is 0.907. The van der Waals surface area contributed by atoms with Crippen LogP contribution in [0.15, 0.2) is 24.3 Å². The van der Waals surface area contributed by atoms with Crippen LogP contribution < -0.4 is 5.73 Å². The topological polar surface area (TPSA) is 60.2 Å². The first kappa shape index (κ1) is 13.6. The molecule has 0 saturated heterocycles. The third-order valence-electron chi connectivity index (χ3n) is 3.87. The summed E-state index contributed by atoms with van der Waals surface area (Å²) >= 11 is 0. The molecule has 0 bridgehead atoms. The monoisotopic (exact) mass is 267 g/mol. The molecule has 1 saturated carbocycles. The van der Waals surface area contributed by atoms with E-state index in [1.54, 1.807) is 0 Å². The highest BCUT2D eigenvalue weighted by Crippen LogP contribution is 2.42. The van der Waals surface area contributed by atoms with E-state index in [2.05, 4.69) is 12.1 Å². The Balaban J connectivity index is 2.40. The smallest absolute Gasteiger partial charge is 0.148 e. The van der Waals surface area contributed by atoms with E-state index < -0.39 is 9.84 Å². The van der Waals surface area contributed by atoms with E-state index >= 15 is 0 Å². The van der Waals surface area contributed by atoms with Crippen LogP contribution in [0.3, 0.4) is 0 Å². The molecule has 0 aliphatic heterocycles. The van der Waals surface area contributed by atoms with Crippen molar-refractivity contribution in [3.05, 3.63) is 35.4 Å². The maximum atomic E-state index is 11.7. The fraction of sp³-hybridized carbons (Fsp3) is 0.571. The van der Waals surface area contributed by atoms with Crippen LogP contribution in [0.4, 0.5) is 0 Å². The van der Waals surface area contributed by atoms with Gasteiger partial charge in [0.25, 0.3) is 0 Å². The van der Waals surface area contributed by atoms with Crippen molar-refractivity contribution in [3.63, 3.8) is 0 Å². The first-order chi connectivity index (χ1) is 8.45. The van der Waals surface area contributed by atoms with E-state index in [0.717, 1.165) is 36.8 Å². The average molecular weight is 267 g/mol. The second-order valence-electron chi connectivity index (χ2n) is 5.46. The number of rotatable bonds is 4. The molecule has 0 heterocycles. The molecule has 0 spiro atoms. The fourth-order valence-electron chi connectivity index (χ4n) is 3.10. The molecule has 1 aliphatic carbocycles. The number of sulfone groups is 1. The summed E-state index contributed by atoms with van der Waals surface area (Å²) in [5, 5.41) is 0. The average Bonchev–Trinajstić information content (AvgIpc) is 2.76. The first-order valence-electron chi connectivity index (χ1n) is 6.42. The molecule has 0 radical (unpaired) electrons. The van der Waals surface area contributed by atoms with Gasteiger partial charge in [0, 0.05) is 18.2 Å². The summed E-state index contributed by atoms with van der Waals surface area (Å²) in [5.41, 5.74) is 7.71. The SMILES string of the molecule is CS(=O)(=O)CC1(c2cccc(CN)c2)CCCC1. The van der Waals surface area contributed by atoms with E-state index in [1.165, 1.54) is 6.26 Å². The van der Waals surface area contributed by atoms with Crippen LogP contribution in [0.2, 0.25) is 0 Å². The van der Waals surface area contributed by atoms with Crippen molar-refractivity contribution in [3.8, 4) is 0 Å². The minimum atomic E-state index is -2.96. The highest BCUT2D eigenvalue weighted by atomic mass is 32.2. The van der Waals surface area contributed by atoms with Crippen LogP contribution in [-0.4, -0.2) is 20.4 Å². The number of benzene rings is 1. The molecule has 0 aromatic heterocycles. The van der Waals surface area contributed by atoms with E-state index in [4.69, 9.17) is 5.73 Å². The van der Waals surface area contributed by atoms with Gasteiger partial charge in [0.05, 0.1) is 5.75 Å². The Hall–Kier alpha value is -0.870. The van der Waals surface area contributed by atoms with Crippen LogP contribution >= 0.6 is 0 Å². The predicted octanol–water partition coefficient (Wildman–Crippen LogP) is 2.00. The molecule has 100 valence electrons. The normalized spacial score (nSPS) is 19.0. The molecule has 1 aromatic carbocycles. The minimum absolute atomic E-state index is 0.182. The number of hydrogen-bond acceptors (Lipinski definition) is 3. The largest absolute Gasteiger partial charge is 0.326 e. The zero-order valence-corrected chi connectivity index (χ0v) is 11.7. The first-order valence-corrected chi connectivity index (χ1v) is 8.48. The Morgan fingerprint density at radius 1 is 1.28 bits per heavy atom. The lowest BCUT2D eigenvalue weighted by Crippen LogP contribution is -2.31. The second-order valence-corrected chi connectivity index (χ2v) is 7.60. The van der Waals surface area contributed by atoms with Gasteiger partial charge in [0.2, 0.25) is 0 Å². The molecular formula is C14H21NO2S. The van der Waals surface area contributed by atoms with Gasteiger partial charge in [-0.1, -0.05) is 37.1 Å². The van der Waals surface area contributed by atoms with Crippen LogP contribution in [0, 0.1) is 0 Å². The molecule has 0 atom stereocenters. The maximum absolute atomic E-state index is 11.7. The molecule has 1 fully saturated rings. The lowest BCUT2D eigenvalue weighted by molar-refractivity contribution is 0.482. The third kappa shape index (κ3) is 2.93. The Bertz CT molecular complexity index is 516. The molecule has 18 heavy (non-hydrogen) atoms. The van der Waals surface area contributed by atoms with Crippen LogP contribution in [0.5, 0.6) is 0 Å². The molecule has 2 rings (SSSR count). The summed E-state index contributed by atoms with van der Waals surface area (Å²) in [7, 11) is -2.96. The Labute approximate surface area is 109 Å². The van der Waals surface area contributed by atoms with Crippen molar-refractivity contribution in [2.45, 2.75) is 37.6 Å². The van der Waals surface area contributed by atoms with Crippen molar-refractivity contribution >= 4 is 9.84 Å². The Morgan fingerprint density at radius 2 is 1.94 bits per heavy atom. The Kier molecular flexibility index (Phi) is 3.78. The van der Waals surface area contributed by atoms with Crippen molar-refractivity contribution in [2.75, 3.05) is 12.0 Å².